The predicted molar refractivity (Wildman–Crippen MR) is 51.1 cm³/mol. The van der Waals surface area contributed by atoms with Gasteiger partial charge in [-0.25, -0.2) is 0 Å². The van der Waals surface area contributed by atoms with Crippen molar-refractivity contribution in [3.05, 3.63) is 11.1 Å². The largest absolute Gasteiger partial charge is 0.386 e. The van der Waals surface area contributed by atoms with Crippen molar-refractivity contribution in [2.45, 2.75) is 18.9 Å². The lowest BCUT2D eigenvalue weighted by molar-refractivity contribution is -0.0825. The third-order valence-corrected chi connectivity index (χ3v) is 3.14. The number of nitrogens with zero attached hydrogens (tertiary/aromatic N) is 3. The molecule has 0 atom stereocenters. The van der Waals surface area contributed by atoms with E-state index in [1.165, 1.54) is 6.20 Å². The molecule has 0 bridgehead atoms. The highest BCUT2D eigenvalue weighted by molar-refractivity contribution is 7.07. The Kier molecular flexibility index (Phi) is 2.24. The molecule has 2 heterocycles. The van der Waals surface area contributed by atoms with Crippen molar-refractivity contribution >= 4 is 17.4 Å². The molecule has 6 heteroatoms. The summed E-state index contributed by atoms with van der Waals surface area (Å²) in [5, 5.41) is 13.3. The quantitative estimate of drug-likeness (QED) is 0.758. The maximum absolute atomic E-state index is 11.6. The van der Waals surface area contributed by atoms with E-state index in [1.54, 1.807) is 4.90 Å². The zero-order valence-electron chi connectivity index (χ0n) is 7.80. The molecule has 1 N–H and O–H groups in total. The molecule has 76 valence electrons. The zero-order chi connectivity index (χ0) is 10.2. The number of likely N-dealkylation sites (tertiary alicyclic amines) is 1. The third kappa shape index (κ3) is 1.51. The highest BCUT2D eigenvalue weighted by Crippen LogP contribution is 2.25. The minimum atomic E-state index is -0.673. The molecule has 0 saturated carbocycles. The van der Waals surface area contributed by atoms with E-state index in [9.17, 15) is 9.90 Å². The van der Waals surface area contributed by atoms with Gasteiger partial charge in [-0.1, -0.05) is 11.4 Å². The number of hydrogen-bond donors (Lipinski definition) is 1. The Morgan fingerprint density at radius 1 is 1.79 bits per heavy atom. The van der Waals surface area contributed by atoms with Crippen LogP contribution < -0.4 is 0 Å². The van der Waals surface area contributed by atoms with Gasteiger partial charge < -0.3 is 10.0 Å². The van der Waals surface area contributed by atoms with Gasteiger partial charge in [-0.2, -0.15) is 0 Å². The van der Waals surface area contributed by atoms with Crippen molar-refractivity contribution < 1.29 is 9.90 Å². The monoisotopic (exact) mass is 213 g/mol. The molecule has 0 aromatic carbocycles. The second-order valence-corrected chi connectivity index (χ2v) is 4.31. The smallest absolute Gasteiger partial charge is 0.267 e. The molecule has 1 saturated heterocycles. The summed E-state index contributed by atoms with van der Waals surface area (Å²) in [4.78, 5) is 13.8. The molecular weight excluding hydrogens is 202 g/mol. The van der Waals surface area contributed by atoms with E-state index in [0.717, 1.165) is 11.5 Å². The molecule has 0 spiro atoms. The molecule has 0 aliphatic carbocycles. The first-order chi connectivity index (χ1) is 6.64. The summed E-state index contributed by atoms with van der Waals surface area (Å²) < 4.78 is 3.62. The van der Waals surface area contributed by atoms with Crippen molar-refractivity contribution in [3.63, 3.8) is 0 Å². The number of hydrogen-bond acceptors (Lipinski definition) is 5. The number of aromatic nitrogens is 2. The molecule has 1 amide bonds. The van der Waals surface area contributed by atoms with Crippen LogP contribution in [0, 0.1) is 0 Å². The van der Waals surface area contributed by atoms with E-state index in [1.807, 2.05) is 6.92 Å². The minimum Gasteiger partial charge on any atom is -0.386 e. The summed E-state index contributed by atoms with van der Waals surface area (Å²) >= 11 is 1.08. The molecular formula is C8H11N3O2S. The van der Waals surface area contributed by atoms with E-state index in [2.05, 4.69) is 9.59 Å². The Hall–Kier alpha value is -1.01. The Balaban J connectivity index is 1.98. The Morgan fingerprint density at radius 2 is 2.50 bits per heavy atom. The normalized spacial score (nSPS) is 19.1. The summed E-state index contributed by atoms with van der Waals surface area (Å²) in [5.41, 5.74) is -0.673. The highest BCUT2D eigenvalue weighted by Gasteiger charge is 2.42. The number of amides is 1. The number of aliphatic hydroxyl groups is 1. The average molecular weight is 213 g/mol. The Labute approximate surface area is 85.5 Å². The maximum atomic E-state index is 11.6. The van der Waals surface area contributed by atoms with Gasteiger partial charge in [0.2, 0.25) is 0 Å². The fourth-order valence-corrected chi connectivity index (χ4v) is 1.93. The van der Waals surface area contributed by atoms with Gasteiger partial charge in [0, 0.05) is 0 Å². The van der Waals surface area contributed by atoms with Gasteiger partial charge in [-0.3, -0.25) is 4.79 Å². The van der Waals surface area contributed by atoms with Gasteiger partial charge >= 0.3 is 0 Å². The number of carbonyl (C=O) groups excluding carboxylic acids is 1. The lowest BCUT2D eigenvalue weighted by Crippen LogP contribution is -2.63. The standard InChI is InChI=1S/C8H11N3O2S/c1-2-8(13)4-11(5-8)7(12)6-3-9-10-14-6/h3,13H,2,4-5H2,1H3. The first-order valence-electron chi connectivity index (χ1n) is 4.44. The molecule has 0 radical (unpaired) electrons. The van der Waals surface area contributed by atoms with Crippen LogP contribution in [0.4, 0.5) is 0 Å². The summed E-state index contributed by atoms with van der Waals surface area (Å²) in [5.74, 6) is -0.0851. The lowest BCUT2D eigenvalue weighted by atomic mass is 9.91. The molecule has 14 heavy (non-hydrogen) atoms. The lowest BCUT2D eigenvalue weighted by Gasteiger charge is -2.45. The molecule has 1 aliphatic heterocycles. The Morgan fingerprint density at radius 3 is 3.00 bits per heavy atom. The van der Waals surface area contributed by atoms with E-state index in [4.69, 9.17) is 0 Å². The molecule has 1 aromatic rings. The third-order valence-electron chi connectivity index (χ3n) is 2.49. The van der Waals surface area contributed by atoms with Crippen LogP contribution in [0.5, 0.6) is 0 Å². The second kappa shape index (κ2) is 3.29. The van der Waals surface area contributed by atoms with E-state index in [0.29, 0.717) is 24.4 Å². The van der Waals surface area contributed by atoms with E-state index < -0.39 is 5.60 Å². The van der Waals surface area contributed by atoms with Crippen LogP contribution in [0.3, 0.4) is 0 Å². The van der Waals surface area contributed by atoms with Crippen LogP contribution in [-0.2, 0) is 0 Å². The average Bonchev–Trinajstić information content (AvgIpc) is 2.64. The fraction of sp³-hybridized carbons (Fsp3) is 0.625. The Bertz CT molecular complexity index is 332. The number of β-amino-alcohol motifs (C(OH)–C–C–N with tert-alkyl or cyclic N) is 1. The van der Waals surface area contributed by atoms with Crippen molar-refractivity contribution in [2.24, 2.45) is 0 Å². The summed E-state index contributed by atoms with van der Waals surface area (Å²) in [6.45, 7) is 2.75. The minimum absolute atomic E-state index is 0.0851. The van der Waals surface area contributed by atoms with Crippen LogP contribution in [-0.4, -0.2) is 44.2 Å². The first kappa shape index (κ1) is 9.54. The molecule has 1 aromatic heterocycles. The maximum Gasteiger partial charge on any atom is 0.267 e. The first-order valence-corrected chi connectivity index (χ1v) is 5.21. The van der Waals surface area contributed by atoms with Crippen LogP contribution in [0.1, 0.15) is 23.0 Å². The summed E-state index contributed by atoms with van der Waals surface area (Å²) in [6, 6.07) is 0. The number of carbonyl (C=O) groups is 1. The predicted octanol–water partition coefficient (Wildman–Crippen LogP) is 0.135. The molecule has 1 fully saturated rings. The van der Waals surface area contributed by atoms with Crippen molar-refractivity contribution in [2.75, 3.05) is 13.1 Å². The molecule has 2 rings (SSSR count). The molecule has 0 unspecified atom stereocenters. The van der Waals surface area contributed by atoms with Gasteiger partial charge in [-0.05, 0) is 18.0 Å². The van der Waals surface area contributed by atoms with E-state index in [-0.39, 0.29) is 5.91 Å². The van der Waals surface area contributed by atoms with Gasteiger partial charge in [-0.15, -0.1) is 5.10 Å². The van der Waals surface area contributed by atoms with Crippen molar-refractivity contribution in [1.82, 2.24) is 14.5 Å². The zero-order valence-corrected chi connectivity index (χ0v) is 8.62. The molecule has 1 aliphatic rings. The van der Waals surface area contributed by atoms with Gasteiger partial charge in [0.1, 0.15) is 4.88 Å². The van der Waals surface area contributed by atoms with Crippen LogP contribution >= 0.6 is 11.5 Å². The fourth-order valence-electron chi connectivity index (χ4n) is 1.45. The highest BCUT2D eigenvalue weighted by atomic mass is 32.1. The summed E-state index contributed by atoms with van der Waals surface area (Å²) in [7, 11) is 0. The van der Waals surface area contributed by atoms with E-state index >= 15 is 0 Å². The van der Waals surface area contributed by atoms with Crippen LogP contribution in [0.15, 0.2) is 6.20 Å². The van der Waals surface area contributed by atoms with Crippen LogP contribution in [0.25, 0.3) is 0 Å². The second-order valence-electron chi connectivity index (χ2n) is 3.52. The van der Waals surface area contributed by atoms with Crippen molar-refractivity contribution in [3.8, 4) is 0 Å². The summed E-state index contributed by atoms with van der Waals surface area (Å²) in [6.07, 6.45) is 2.13. The van der Waals surface area contributed by atoms with Crippen LogP contribution in [0.2, 0.25) is 0 Å². The SMILES string of the molecule is CCC1(O)CN(C(=O)c2cnns2)C1. The molecule has 5 nitrogen and oxygen atoms in total. The van der Waals surface area contributed by atoms with Crippen molar-refractivity contribution in [1.29, 1.82) is 0 Å². The van der Waals surface area contributed by atoms with Gasteiger partial charge in [0.15, 0.2) is 0 Å². The number of rotatable bonds is 2. The topological polar surface area (TPSA) is 66.3 Å². The van der Waals surface area contributed by atoms with Gasteiger partial charge in [0.25, 0.3) is 5.91 Å². The van der Waals surface area contributed by atoms with Gasteiger partial charge in [0.05, 0.1) is 24.9 Å².